The number of hydrogen-bond donors (Lipinski definition) is 1. The quantitative estimate of drug-likeness (QED) is 0.587. The largest absolute Gasteiger partial charge is 0.497 e. The number of carbonyl (C=O) groups excluding carboxylic acids is 1. The molecule has 1 fully saturated rings. The van der Waals surface area contributed by atoms with Crippen LogP contribution in [0.3, 0.4) is 0 Å². The molecule has 33 heavy (non-hydrogen) atoms. The Labute approximate surface area is 192 Å². The Kier molecular flexibility index (Phi) is 6.48. The maximum absolute atomic E-state index is 12.9. The number of aryl methyl sites for hydroxylation is 2. The number of nitrogens with one attached hydrogen (secondary N) is 1. The Balaban J connectivity index is 1.37. The average molecular weight is 471 g/mol. The highest BCUT2D eigenvalue weighted by Crippen LogP contribution is 2.27. The second-order valence-corrected chi connectivity index (χ2v) is 10.0. The number of anilines is 1. The van der Waals surface area contributed by atoms with E-state index in [2.05, 4.69) is 15.5 Å². The van der Waals surface area contributed by atoms with E-state index in [-0.39, 0.29) is 35.8 Å². The molecule has 1 aliphatic heterocycles. The minimum atomic E-state index is -3.62. The van der Waals surface area contributed by atoms with Gasteiger partial charge in [0.1, 0.15) is 5.75 Å². The molecule has 0 bridgehead atoms. The van der Waals surface area contributed by atoms with Gasteiger partial charge in [-0.25, -0.2) is 8.42 Å². The second-order valence-electron chi connectivity index (χ2n) is 8.07. The summed E-state index contributed by atoms with van der Waals surface area (Å²) in [6, 6.07) is 12.2. The van der Waals surface area contributed by atoms with Crippen molar-refractivity contribution in [2.24, 2.45) is 5.92 Å². The van der Waals surface area contributed by atoms with Crippen LogP contribution in [0.2, 0.25) is 0 Å². The molecule has 0 saturated carbocycles. The molecule has 174 valence electrons. The SMILES string of the molecule is COc1ccc(S(=O)(=O)N2CCC(C(=O)Nc3nnc(-c4cc(C)ccc4C)o3)CC2)cc1. The predicted molar refractivity (Wildman–Crippen MR) is 122 cm³/mol. The van der Waals surface area contributed by atoms with Crippen molar-refractivity contribution in [1.29, 1.82) is 0 Å². The third-order valence-electron chi connectivity index (χ3n) is 5.80. The van der Waals surface area contributed by atoms with Gasteiger partial charge in [0.05, 0.1) is 12.0 Å². The van der Waals surface area contributed by atoms with Crippen LogP contribution in [0.4, 0.5) is 6.01 Å². The van der Waals surface area contributed by atoms with Crippen molar-refractivity contribution in [2.45, 2.75) is 31.6 Å². The van der Waals surface area contributed by atoms with Gasteiger partial charge in [-0.1, -0.05) is 22.8 Å². The van der Waals surface area contributed by atoms with E-state index in [9.17, 15) is 13.2 Å². The van der Waals surface area contributed by atoms with Crippen molar-refractivity contribution in [3.8, 4) is 17.2 Å². The van der Waals surface area contributed by atoms with Gasteiger partial charge in [0.15, 0.2) is 0 Å². The molecule has 1 saturated heterocycles. The van der Waals surface area contributed by atoms with E-state index < -0.39 is 10.0 Å². The zero-order valence-corrected chi connectivity index (χ0v) is 19.6. The van der Waals surface area contributed by atoms with Crippen molar-refractivity contribution in [2.75, 3.05) is 25.5 Å². The Hall–Kier alpha value is -3.24. The maximum atomic E-state index is 12.9. The van der Waals surface area contributed by atoms with E-state index in [0.29, 0.717) is 24.5 Å². The van der Waals surface area contributed by atoms with E-state index in [1.165, 1.54) is 23.5 Å². The van der Waals surface area contributed by atoms with Gasteiger partial charge in [-0.15, -0.1) is 5.10 Å². The number of hydrogen-bond acceptors (Lipinski definition) is 7. The Bertz CT molecular complexity index is 1250. The van der Waals surface area contributed by atoms with E-state index in [0.717, 1.165) is 16.7 Å². The molecule has 9 nitrogen and oxygen atoms in total. The lowest BCUT2D eigenvalue weighted by atomic mass is 9.97. The fourth-order valence-corrected chi connectivity index (χ4v) is 5.28. The fraction of sp³-hybridized carbons (Fsp3) is 0.348. The van der Waals surface area contributed by atoms with E-state index in [1.807, 2.05) is 32.0 Å². The van der Waals surface area contributed by atoms with Gasteiger partial charge in [-0.05, 0) is 62.6 Å². The summed E-state index contributed by atoms with van der Waals surface area (Å²) in [5, 5.41) is 10.7. The number of ether oxygens (including phenoxy) is 1. The zero-order chi connectivity index (χ0) is 23.6. The molecule has 0 atom stereocenters. The summed E-state index contributed by atoms with van der Waals surface area (Å²) in [6.45, 7) is 4.43. The smallest absolute Gasteiger partial charge is 0.322 e. The molecule has 2 aromatic carbocycles. The average Bonchev–Trinajstić information content (AvgIpc) is 3.29. The van der Waals surface area contributed by atoms with E-state index >= 15 is 0 Å². The molecule has 0 unspecified atom stereocenters. The van der Waals surface area contributed by atoms with Crippen LogP contribution in [0, 0.1) is 19.8 Å². The van der Waals surface area contributed by atoms with Crippen LogP contribution >= 0.6 is 0 Å². The second kappa shape index (κ2) is 9.32. The number of benzene rings is 2. The number of nitrogens with zero attached hydrogens (tertiary/aromatic N) is 3. The third-order valence-corrected chi connectivity index (χ3v) is 7.71. The van der Waals surface area contributed by atoms with E-state index in [4.69, 9.17) is 9.15 Å². The predicted octanol–water partition coefficient (Wildman–Crippen LogP) is 3.40. The summed E-state index contributed by atoms with van der Waals surface area (Å²) in [7, 11) is -2.10. The zero-order valence-electron chi connectivity index (χ0n) is 18.7. The number of methoxy groups -OCH3 is 1. The summed E-state index contributed by atoms with van der Waals surface area (Å²) in [4.78, 5) is 12.9. The van der Waals surface area contributed by atoms with Crippen LogP contribution in [0.25, 0.3) is 11.5 Å². The van der Waals surface area contributed by atoms with Crippen molar-refractivity contribution < 1.29 is 22.4 Å². The van der Waals surface area contributed by atoms with Crippen molar-refractivity contribution in [3.05, 3.63) is 53.6 Å². The van der Waals surface area contributed by atoms with Gasteiger partial charge in [-0.3, -0.25) is 10.1 Å². The van der Waals surface area contributed by atoms with Gasteiger partial charge in [-0.2, -0.15) is 4.31 Å². The van der Waals surface area contributed by atoms with Crippen LogP contribution in [0.15, 0.2) is 51.8 Å². The standard InChI is InChI=1S/C23H26N4O5S/c1-15-4-5-16(2)20(14-15)22-25-26-23(32-22)24-21(28)17-10-12-27(13-11-17)33(29,30)19-8-6-18(31-3)7-9-19/h4-9,14,17H,10-13H2,1-3H3,(H,24,26,28). The Morgan fingerprint density at radius 1 is 1.09 bits per heavy atom. The summed E-state index contributed by atoms with van der Waals surface area (Å²) in [6.07, 6.45) is 0.804. The molecular weight excluding hydrogens is 444 g/mol. The van der Waals surface area contributed by atoms with Gasteiger partial charge in [0.25, 0.3) is 0 Å². The first kappa shape index (κ1) is 22.9. The van der Waals surface area contributed by atoms with Gasteiger partial charge >= 0.3 is 6.01 Å². The number of carbonyl (C=O) groups is 1. The molecule has 0 radical (unpaired) electrons. The first-order chi connectivity index (χ1) is 15.8. The monoisotopic (exact) mass is 470 g/mol. The van der Waals surface area contributed by atoms with Crippen molar-refractivity contribution >= 4 is 21.9 Å². The topological polar surface area (TPSA) is 115 Å². The first-order valence-electron chi connectivity index (χ1n) is 10.6. The molecular formula is C23H26N4O5S. The maximum Gasteiger partial charge on any atom is 0.322 e. The minimum absolute atomic E-state index is 0.0317. The minimum Gasteiger partial charge on any atom is -0.497 e. The molecule has 0 spiro atoms. The number of piperidine rings is 1. The number of sulfonamides is 1. The number of aromatic nitrogens is 2. The Morgan fingerprint density at radius 2 is 1.79 bits per heavy atom. The molecule has 1 aliphatic rings. The van der Waals surface area contributed by atoms with Gasteiger partial charge in [0, 0.05) is 24.6 Å². The third kappa shape index (κ3) is 4.91. The molecule has 0 aliphatic carbocycles. The highest BCUT2D eigenvalue weighted by atomic mass is 32.2. The fourth-order valence-electron chi connectivity index (χ4n) is 3.81. The summed E-state index contributed by atoms with van der Waals surface area (Å²) >= 11 is 0. The lowest BCUT2D eigenvalue weighted by Gasteiger charge is -2.30. The molecule has 1 N–H and O–H groups in total. The van der Waals surface area contributed by atoms with Crippen LogP contribution in [-0.2, 0) is 14.8 Å². The molecule has 1 aromatic heterocycles. The normalized spacial score (nSPS) is 15.4. The molecule has 10 heteroatoms. The summed E-state index contributed by atoms with van der Waals surface area (Å²) < 4.78 is 37.9. The van der Waals surface area contributed by atoms with Crippen LogP contribution in [0.5, 0.6) is 5.75 Å². The first-order valence-corrected chi connectivity index (χ1v) is 12.1. The van der Waals surface area contributed by atoms with Gasteiger partial charge < -0.3 is 9.15 Å². The summed E-state index contributed by atoms with van der Waals surface area (Å²) in [5.41, 5.74) is 2.88. The van der Waals surface area contributed by atoms with Crippen molar-refractivity contribution in [1.82, 2.24) is 14.5 Å². The molecule has 2 heterocycles. The Morgan fingerprint density at radius 3 is 2.45 bits per heavy atom. The molecule has 4 rings (SSSR count). The number of rotatable bonds is 6. The summed E-state index contributed by atoms with van der Waals surface area (Å²) in [5.74, 6) is 0.328. The van der Waals surface area contributed by atoms with Crippen LogP contribution < -0.4 is 10.1 Å². The van der Waals surface area contributed by atoms with Crippen LogP contribution in [0.1, 0.15) is 24.0 Å². The lowest BCUT2D eigenvalue weighted by molar-refractivity contribution is -0.121. The lowest BCUT2D eigenvalue weighted by Crippen LogP contribution is -2.41. The highest BCUT2D eigenvalue weighted by molar-refractivity contribution is 7.89. The van der Waals surface area contributed by atoms with Gasteiger partial charge in [0.2, 0.25) is 21.8 Å². The highest BCUT2D eigenvalue weighted by Gasteiger charge is 2.32. The van der Waals surface area contributed by atoms with E-state index in [1.54, 1.807) is 12.1 Å². The van der Waals surface area contributed by atoms with Crippen LogP contribution in [-0.4, -0.2) is 49.0 Å². The van der Waals surface area contributed by atoms with Crippen molar-refractivity contribution in [3.63, 3.8) is 0 Å². The molecule has 3 aromatic rings. The number of amides is 1. The molecule has 1 amide bonds.